The van der Waals surface area contributed by atoms with Crippen LogP contribution in [0.1, 0.15) is 24.5 Å². The molecule has 2 N–H and O–H groups in total. The Kier molecular flexibility index (Phi) is 4.93. The first kappa shape index (κ1) is 15.8. The molecule has 0 saturated heterocycles. The molecule has 0 saturated carbocycles. The van der Waals surface area contributed by atoms with E-state index in [1.165, 1.54) is 4.57 Å². The van der Waals surface area contributed by atoms with Crippen molar-refractivity contribution in [1.82, 2.24) is 9.55 Å². The van der Waals surface area contributed by atoms with Gasteiger partial charge in [-0.05, 0) is 36.6 Å². The Bertz CT molecular complexity index is 738. The number of carbonyl (C=O) groups excluding carboxylic acids is 1. The number of nitrogens with zero attached hydrogens (tertiary/aromatic N) is 2. The van der Waals surface area contributed by atoms with E-state index in [9.17, 15) is 14.7 Å². The molecule has 1 aromatic carbocycles. The molecule has 0 fully saturated rings. The van der Waals surface area contributed by atoms with Crippen molar-refractivity contribution >= 4 is 11.7 Å². The highest BCUT2D eigenvalue weighted by Crippen LogP contribution is 2.17. The van der Waals surface area contributed by atoms with Crippen LogP contribution < -0.4 is 11.0 Å². The molecule has 0 unspecified atom stereocenters. The summed E-state index contributed by atoms with van der Waals surface area (Å²) in [6, 6.07) is 6.61. The summed E-state index contributed by atoms with van der Waals surface area (Å²) in [6.45, 7) is 4.35. The third-order valence-corrected chi connectivity index (χ3v) is 3.23. The smallest absolute Gasteiger partial charge is 0.349 e. The molecule has 0 aliphatic carbocycles. The van der Waals surface area contributed by atoms with Gasteiger partial charge in [-0.15, -0.1) is 0 Å². The number of phenols is 1. The molecule has 116 valence electrons. The zero-order valence-corrected chi connectivity index (χ0v) is 12.7. The summed E-state index contributed by atoms with van der Waals surface area (Å²) < 4.78 is 1.50. The second-order valence-electron chi connectivity index (χ2n) is 5.13. The van der Waals surface area contributed by atoms with Gasteiger partial charge in [-0.2, -0.15) is 4.98 Å². The number of hydrogen-bond donors (Lipinski definition) is 2. The first-order chi connectivity index (χ1) is 10.5. The van der Waals surface area contributed by atoms with Crippen LogP contribution in [0.2, 0.25) is 0 Å². The molecule has 0 aliphatic rings. The van der Waals surface area contributed by atoms with Gasteiger partial charge in [0, 0.05) is 12.7 Å². The summed E-state index contributed by atoms with van der Waals surface area (Å²) in [5.41, 5.74) is 1.12. The number of benzene rings is 1. The fourth-order valence-electron chi connectivity index (χ4n) is 2.11. The molecule has 1 heterocycles. The molecule has 0 radical (unpaired) electrons. The standard InChI is InChI=1S/C16H19N3O3/c1-3-7-19-8-6-14(18-16(19)22)17-15(21)10-12-4-5-13(20)11(2)9-12/h4-6,8-9,20H,3,7,10H2,1-2H3,(H,17,18,21,22). The second kappa shape index (κ2) is 6.89. The lowest BCUT2D eigenvalue weighted by atomic mass is 10.1. The van der Waals surface area contributed by atoms with Gasteiger partial charge in [-0.25, -0.2) is 4.79 Å². The zero-order chi connectivity index (χ0) is 16.1. The van der Waals surface area contributed by atoms with E-state index in [1.807, 2.05) is 6.92 Å². The minimum atomic E-state index is -0.375. The quantitative estimate of drug-likeness (QED) is 0.882. The summed E-state index contributed by atoms with van der Waals surface area (Å²) in [5.74, 6) is 0.188. The minimum Gasteiger partial charge on any atom is -0.508 e. The zero-order valence-electron chi connectivity index (χ0n) is 12.7. The Morgan fingerprint density at radius 3 is 2.77 bits per heavy atom. The second-order valence-corrected chi connectivity index (χ2v) is 5.13. The van der Waals surface area contributed by atoms with Crippen LogP contribution in [0.3, 0.4) is 0 Å². The van der Waals surface area contributed by atoms with Gasteiger partial charge < -0.3 is 10.4 Å². The molecule has 6 heteroatoms. The number of nitrogens with one attached hydrogen (secondary N) is 1. The van der Waals surface area contributed by atoms with Crippen LogP contribution in [-0.2, 0) is 17.8 Å². The van der Waals surface area contributed by atoms with Gasteiger partial charge in [0.05, 0.1) is 6.42 Å². The van der Waals surface area contributed by atoms with Crippen LogP contribution in [0, 0.1) is 6.92 Å². The molecule has 2 aromatic rings. The van der Waals surface area contributed by atoms with Crippen molar-refractivity contribution < 1.29 is 9.90 Å². The molecule has 0 bridgehead atoms. The van der Waals surface area contributed by atoms with Crippen molar-refractivity contribution in [3.05, 3.63) is 52.1 Å². The Balaban J connectivity index is 2.04. The Hall–Kier alpha value is -2.63. The first-order valence-electron chi connectivity index (χ1n) is 7.15. The largest absolute Gasteiger partial charge is 0.508 e. The van der Waals surface area contributed by atoms with E-state index in [-0.39, 0.29) is 29.6 Å². The molecule has 1 amide bonds. The lowest BCUT2D eigenvalue weighted by Gasteiger charge is -2.07. The van der Waals surface area contributed by atoms with Gasteiger partial charge in [0.25, 0.3) is 0 Å². The Morgan fingerprint density at radius 2 is 2.14 bits per heavy atom. The number of anilines is 1. The highest BCUT2D eigenvalue weighted by Gasteiger charge is 2.07. The van der Waals surface area contributed by atoms with E-state index in [4.69, 9.17) is 0 Å². The third-order valence-electron chi connectivity index (χ3n) is 3.23. The van der Waals surface area contributed by atoms with Gasteiger partial charge in [0.15, 0.2) is 0 Å². The maximum atomic E-state index is 12.0. The van der Waals surface area contributed by atoms with Crippen LogP contribution in [0.5, 0.6) is 5.75 Å². The van der Waals surface area contributed by atoms with Gasteiger partial charge in [-0.1, -0.05) is 19.1 Å². The average molecular weight is 301 g/mol. The summed E-state index contributed by atoms with van der Waals surface area (Å²) >= 11 is 0. The Labute approximate surface area is 128 Å². The van der Waals surface area contributed by atoms with E-state index >= 15 is 0 Å². The molecule has 0 aliphatic heterocycles. The fourth-order valence-corrected chi connectivity index (χ4v) is 2.11. The predicted molar refractivity (Wildman–Crippen MR) is 84.0 cm³/mol. The molecule has 2 rings (SSSR count). The van der Waals surface area contributed by atoms with Crippen molar-refractivity contribution in [3.63, 3.8) is 0 Å². The van der Waals surface area contributed by atoms with E-state index in [0.717, 1.165) is 12.0 Å². The number of rotatable bonds is 5. The van der Waals surface area contributed by atoms with Crippen molar-refractivity contribution in [2.24, 2.45) is 0 Å². The van der Waals surface area contributed by atoms with E-state index in [2.05, 4.69) is 10.3 Å². The summed E-state index contributed by atoms with van der Waals surface area (Å²) in [6.07, 6.45) is 2.62. The Morgan fingerprint density at radius 1 is 1.36 bits per heavy atom. The van der Waals surface area contributed by atoms with E-state index in [0.29, 0.717) is 12.1 Å². The molecule has 1 aromatic heterocycles. The first-order valence-corrected chi connectivity index (χ1v) is 7.15. The van der Waals surface area contributed by atoms with Gasteiger partial charge in [-0.3, -0.25) is 9.36 Å². The highest BCUT2D eigenvalue weighted by molar-refractivity contribution is 5.91. The number of hydrogen-bond acceptors (Lipinski definition) is 4. The SMILES string of the molecule is CCCn1ccc(NC(=O)Cc2ccc(O)c(C)c2)nc1=O. The average Bonchev–Trinajstić information content (AvgIpc) is 2.46. The number of aromatic nitrogens is 2. The topological polar surface area (TPSA) is 84.2 Å². The maximum absolute atomic E-state index is 12.0. The van der Waals surface area contributed by atoms with Crippen molar-refractivity contribution in [1.29, 1.82) is 0 Å². The molecule has 22 heavy (non-hydrogen) atoms. The number of aromatic hydroxyl groups is 1. The lowest BCUT2D eigenvalue weighted by Crippen LogP contribution is -2.25. The lowest BCUT2D eigenvalue weighted by molar-refractivity contribution is -0.115. The van der Waals surface area contributed by atoms with Crippen molar-refractivity contribution in [3.8, 4) is 5.75 Å². The van der Waals surface area contributed by atoms with Gasteiger partial charge in [0.2, 0.25) is 5.91 Å². The molecular formula is C16H19N3O3. The summed E-state index contributed by atoms with van der Waals surface area (Å²) in [5, 5.41) is 12.1. The predicted octanol–water partition coefficient (Wildman–Crippen LogP) is 1.85. The normalized spacial score (nSPS) is 10.5. The number of aryl methyl sites for hydroxylation is 2. The number of carbonyl (C=O) groups is 1. The van der Waals surface area contributed by atoms with Crippen molar-refractivity contribution in [2.45, 2.75) is 33.2 Å². The third kappa shape index (κ3) is 3.94. The monoisotopic (exact) mass is 301 g/mol. The molecule has 0 spiro atoms. The minimum absolute atomic E-state index is 0.154. The van der Waals surface area contributed by atoms with Crippen molar-refractivity contribution in [2.75, 3.05) is 5.32 Å². The van der Waals surface area contributed by atoms with Crippen LogP contribution in [0.25, 0.3) is 0 Å². The molecule has 6 nitrogen and oxygen atoms in total. The maximum Gasteiger partial charge on any atom is 0.349 e. The van der Waals surface area contributed by atoms with E-state index < -0.39 is 0 Å². The molecule has 0 atom stereocenters. The highest BCUT2D eigenvalue weighted by atomic mass is 16.3. The summed E-state index contributed by atoms with van der Waals surface area (Å²) in [7, 11) is 0. The fraction of sp³-hybridized carbons (Fsp3) is 0.312. The van der Waals surface area contributed by atoms with Gasteiger partial charge in [0.1, 0.15) is 11.6 Å². The molecular weight excluding hydrogens is 282 g/mol. The number of amides is 1. The van der Waals surface area contributed by atoms with Crippen LogP contribution in [-0.4, -0.2) is 20.6 Å². The van der Waals surface area contributed by atoms with Crippen LogP contribution in [0.4, 0.5) is 5.82 Å². The number of phenolic OH excluding ortho intramolecular Hbond substituents is 1. The van der Waals surface area contributed by atoms with Crippen LogP contribution in [0.15, 0.2) is 35.3 Å². The van der Waals surface area contributed by atoms with Crippen LogP contribution >= 0.6 is 0 Å². The van der Waals surface area contributed by atoms with E-state index in [1.54, 1.807) is 37.4 Å². The van der Waals surface area contributed by atoms with Gasteiger partial charge >= 0.3 is 5.69 Å². The summed E-state index contributed by atoms with van der Waals surface area (Å²) in [4.78, 5) is 27.5.